The van der Waals surface area contributed by atoms with Crippen LogP contribution in [0.3, 0.4) is 0 Å². The summed E-state index contributed by atoms with van der Waals surface area (Å²) in [5.74, 6) is 0.927. The minimum absolute atomic E-state index is 0.288. The Labute approximate surface area is 111 Å². The molecular weight excluding hydrogens is 220 g/mol. The maximum Gasteiger partial charge on any atom is 0.0170 e. The van der Waals surface area contributed by atoms with Crippen LogP contribution in [0.2, 0.25) is 0 Å². The molecule has 2 N–H and O–H groups in total. The Hall–Kier alpha value is -0.860. The van der Waals surface area contributed by atoms with Crippen LogP contribution < -0.4 is 5.73 Å². The first-order valence-electron chi connectivity index (χ1n) is 7.16. The molecular formula is C16H26N2. The fourth-order valence-electron chi connectivity index (χ4n) is 2.56. The molecule has 1 aromatic rings. The summed E-state index contributed by atoms with van der Waals surface area (Å²) in [6, 6.07) is 11.6. The van der Waals surface area contributed by atoms with Crippen molar-refractivity contribution in [2.24, 2.45) is 11.7 Å². The van der Waals surface area contributed by atoms with Crippen molar-refractivity contribution >= 4 is 0 Å². The van der Waals surface area contributed by atoms with Crippen LogP contribution in [0.4, 0.5) is 0 Å². The molecule has 18 heavy (non-hydrogen) atoms. The monoisotopic (exact) mass is 246 g/mol. The van der Waals surface area contributed by atoms with Crippen LogP contribution >= 0.6 is 0 Å². The van der Waals surface area contributed by atoms with Gasteiger partial charge in [0.15, 0.2) is 0 Å². The molecule has 0 aliphatic heterocycles. The highest BCUT2D eigenvalue weighted by molar-refractivity contribution is 5.14. The van der Waals surface area contributed by atoms with Crippen LogP contribution in [-0.2, 0) is 6.42 Å². The molecule has 0 radical (unpaired) electrons. The van der Waals surface area contributed by atoms with E-state index >= 15 is 0 Å². The van der Waals surface area contributed by atoms with E-state index < -0.39 is 0 Å². The molecule has 0 amide bonds. The summed E-state index contributed by atoms with van der Waals surface area (Å²) < 4.78 is 0. The third kappa shape index (κ3) is 4.11. The molecule has 1 fully saturated rings. The number of nitrogens with two attached hydrogens (primary N) is 1. The van der Waals surface area contributed by atoms with Crippen LogP contribution in [0.5, 0.6) is 0 Å². The minimum Gasteiger partial charge on any atom is -0.327 e. The number of nitrogens with zero attached hydrogens (tertiary/aromatic N) is 1. The molecule has 100 valence electrons. The number of hydrogen-bond donors (Lipinski definition) is 1. The maximum atomic E-state index is 6.24. The van der Waals surface area contributed by atoms with Gasteiger partial charge in [0, 0.05) is 18.6 Å². The first kappa shape index (κ1) is 13.6. The van der Waals surface area contributed by atoms with E-state index in [1.165, 1.54) is 18.4 Å². The Kier molecular flexibility index (Phi) is 4.79. The van der Waals surface area contributed by atoms with E-state index in [9.17, 15) is 0 Å². The van der Waals surface area contributed by atoms with Crippen molar-refractivity contribution in [3.05, 3.63) is 35.9 Å². The van der Waals surface area contributed by atoms with Crippen molar-refractivity contribution < 1.29 is 0 Å². The molecule has 2 unspecified atom stereocenters. The average Bonchev–Trinajstić information content (AvgIpc) is 3.21. The van der Waals surface area contributed by atoms with E-state index in [1.807, 2.05) is 0 Å². The highest BCUT2D eigenvalue weighted by Gasteiger charge is 2.30. The number of aryl methyl sites for hydroxylation is 1. The van der Waals surface area contributed by atoms with Crippen LogP contribution in [0, 0.1) is 5.92 Å². The van der Waals surface area contributed by atoms with Crippen molar-refractivity contribution in [2.45, 2.75) is 44.7 Å². The first-order valence-corrected chi connectivity index (χ1v) is 7.16. The van der Waals surface area contributed by atoms with Gasteiger partial charge >= 0.3 is 0 Å². The molecule has 2 nitrogen and oxygen atoms in total. The number of rotatable bonds is 7. The van der Waals surface area contributed by atoms with E-state index in [2.05, 4.69) is 49.2 Å². The lowest BCUT2D eigenvalue weighted by Crippen LogP contribution is -2.41. The summed E-state index contributed by atoms with van der Waals surface area (Å²) in [5, 5.41) is 0. The lowest BCUT2D eigenvalue weighted by Gasteiger charge is -2.27. The van der Waals surface area contributed by atoms with Crippen LogP contribution in [0.15, 0.2) is 30.3 Å². The van der Waals surface area contributed by atoms with Gasteiger partial charge in [-0.15, -0.1) is 0 Å². The zero-order valence-corrected chi connectivity index (χ0v) is 11.7. The molecule has 2 atom stereocenters. The first-order chi connectivity index (χ1) is 8.66. The van der Waals surface area contributed by atoms with E-state index in [0.717, 1.165) is 25.3 Å². The average molecular weight is 246 g/mol. The normalized spacial score (nSPS) is 18.9. The van der Waals surface area contributed by atoms with Crippen LogP contribution in [0.1, 0.15) is 31.7 Å². The Bertz CT molecular complexity index is 345. The molecule has 1 aliphatic carbocycles. The standard InChI is InChI=1S/C16H26N2/c1-13(15-9-10-15)18(2)12-16(17)11-8-14-6-4-3-5-7-14/h3-7,13,15-16H,8-12,17H2,1-2H3. The molecule has 2 heteroatoms. The summed E-state index contributed by atoms with van der Waals surface area (Å²) in [6.07, 6.45) is 4.98. The summed E-state index contributed by atoms with van der Waals surface area (Å²) in [4.78, 5) is 2.44. The SMILES string of the molecule is CC(C1CC1)N(C)CC(N)CCc1ccccc1. The second-order valence-electron chi connectivity index (χ2n) is 5.80. The molecule has 0 saturated heterocycles. The summed E-state index contributed by atoms with van der Waals surface area (Å²) in [7, 11) is 2.21. The van der Waals surface area contributed by atoms with Gasteiger partial charge in [-0.25, -0.2) is 0 Å². The smallest absolute Gasteiger partial charge is 0.0170 e. The van der Waals surface area contributed by atoms with Gasteiger partial charge in [0.2, 0.25) is 0 Å². The Balaban J connectivity index is 1.69. The fourth-order valence-corrected chi connectivity index (χ4v) is 2.56. The van der Waals surface area contributed by atoms with Gasteiger partial charge in [0.1, 0.15) is 0 Å². The second kappa shape index (κ2) is 6.35. The predicted molar refractivity (Wildman–Crippen MR) is 77.6 cm³/mol. The van der Waals surface area contributed by atoms with Gasteiger partial charge in [-0.05, 0) is 51.1 Å². The second-order valence-corrected chi connectivity index (χ2v) is 5.80. The Morgan fingerprint density at radius 3 is 2.56 bits per heavy atom. The predicted octanol–water partition coefficient (Wildman–Crippen LogP) is 2.68. The zero-order chi connectivity index (χ0) is 13.0. The number of hydrogen-bond acceptors (Lipinski definition) is 2. The molecule has 0 aromatic heterocycles. The van der Waals surface area contributed by atoms with Gasteiger partial charge in [-0.3, -0.25) is 0 Å². The van der Waals surface area contributed by atoms with E-state index in [1.54, 1.807) is 0 Å². The number of likely N-dealkylation sites (N-methyl/N-ethyl adjacent to an activating group) is 1. The van der Waals surface area contributed by atoms with Crippen molar-refractivity contribution in [3.8, 4) is 0 Å². The largest absolute Gasteiger partial charge is 0.327 e. The van der Waals surface area contributed by atoms with Gasteiger partial charge in [-0.1, -0.05) is 30.3 Å². The summed E-state index contributed by atoms with van der Waals surface area (Å²) >= 11 is 0. The lowest BCUT2D eigenvalue weighted by atomic mass is 10.0. The van der Waals surface area contributed by atoms with Crippen molar-refractivity contribution in [1.29, 1.82) is 0 Å². The molecule has 0 bridgehead atoms. The van der Waals surface area contributed by atoms with Crippen molar-refractivity contribution in [3.63, 3.8) is 0 Å². The Morgan fingerprint density at radius 2 is 1.94 bits per heavy atom. The van der Waals surface area contributed by atoms with Crippen molar-refractivity contribution in [1.82, 2.24) is 4.90 Å². The fraction of sp³-hybridized carbons (Fsp3) is 0.625. The summed E-state index contributed by atoms with van der Waals surface area (Å²) in [6.45, 7) is 3.35. The third-order valence-corrected chi connectivity index (χ3v) is 4.17. The third-order valence-electron chi connectivity index (χ3n) is 4.17. The molecule has 0 spiro atoms. The maximum absolute atomic E-state index is 6.24. The molecule has 2 rings (SSSR count). The highest BCUT2D eigenvalue weighted by atomic mass is 15.1. The molecule has 0 heterocycles. The van der Waals surface area contributed by atoms with Gasteiger partial charge in [0.25, 0.3) is 0 Å². The van der Waals surface area contributed by atoms with Gasteiger partial charge in [0.05, 0.1) is 0 Å². The van der Waals surface area contributed by atoms with E-state index in [-0.39, 0.29) is 6.04 Å². The van der Waals surface area contributed by atoms with Crippen molar-refractivity contribution in [2.75, 3.05) is 13.6 Å². The minimum atomic E-state index is 0.288. The van der Waals surface area contributed by atoms with Crippen LogP contribution in [0.25, 0.3) is 0 Å². The molecule has 1 aromatic carbocycles. The molecule has 1 aliphatic rings. The topological polar surface area (TPSA) is 29.3 Å². The lowest BCUT2D eigenvalue weighted by molar-refractivity contribution is 0.218. The van der Waals surface area contributed by atoms with E-state index in [0.29, 0.717) is 6.04 Å². The van der Waals surface area contributed by atoms with Gasteiger partial charge < -0.3 is 10.6 Å². The van der Waals surface area contributed by atoms with Crippen LogP contribution in [-0.4, -0.2) is 30.6 Å². The number of benzene rings is 1. The summed E-state index contributed by atoms with van der Waals surface area (Å²) in [5.41, 5.74) is 7.63. The zero-order valence-electron chi connectivity index (χ0n) is 11.7. The van der Waals surface area contributed by atoms with E-state index in [4.69, 9.17) is 5.73 Å². The molecule has 1 saturated carbocycles. The quantitative estimate of drug-likeness (QED) is 0.801. The highest BCUT2D eigenvalue weighted by Crippen LogP contribution is 2.34. The van der Waals surface area contributed by atoms with Gasteiger partial charge in [-0.2, -0.15) is 0 Å². The Morgan fingerprint density at radius 1 is 1.28 bits per heavy atom.